The summed E-state index contributed by atoms with van der Waals surface area (Å²) >= 11 is 7.10. The first-order valence-corrected chi connectivity index (χ1v) is 8.18. The van der Waals surface area contributed by atoms with Gasteiger partial charge in [-0.3, -0.25) is 4.68 Å². The average Bonchev–Trinajstić information content (AvgIpc) is 2.94. The van der Waals surface area contributed by atoms with Crippen molar-refractivity contribution in [3.8, 4) is 0 Å². The number of hydrogen-bond acceptors (Lipinski definition) is 4. The Morgan fingerprint density at radius 2 is 2.29 bits per heavy atom. The summed E-state index contributed by atoms with van der Waals surface area (Å²) in [5.41, 5.74) is 2.39. The third-order valence-corrected chi connectivity index (χ3v) is 5.33. The molecular weight excluding hydrogens is 318 g/mol. The van der Waals surface area contributed by atoms with E-state index in [2.05, 4.69) is 44.5 Å². The summed E-state index contributed by atoms with van der Waals surface area (Å²) in [6.07, 6.45) is 2.80. The quantitative estimate of drug-likeness (QED) is 0.776. The van der Waals surface area contributed by atoms with Crippen LogP contribution in [0.15, 0.2) is 20.4 Å². The van der Waals surface area contributed by atoms with Crippen molar-refractivity contribution >= 4 is 39.0 Å². The lowest BCUT2D eigenvalue weighted by molar-refractivity contribution is 0.627. The number of aromatic nitrogens is 3. The maximum Gasteiger partial charge on any atom is 0.150 e. The highest BCUT2D eigenvalue weighted by atomic mass is 79.9. The Labute approximate surface area is 118 Å². The first kappa shape index (κ1) is 13.1. The molecule has 0 N–H and O–H groups in total. The maximum absolute atomic E-state index is 4.59. The van der Waals surface area contributed by atoms with E-state index in [0.29, 0.717) is 0 Å². The molecule has 0 bridgehead atoms. The number of thiazole rings is 1. The lowest BCUT2D eigenvalue weighted by atomic mass is 10.3. The van der Waals surface area contributed by atoms with Crippen molar-refractivity contribution in [2.45, 2.75) is 36.9 Å². The molecular formula is C11H14BrN3S2. The molecule has 2 rings (SSSR count). The number of rotatable bonds is 5. The second-order valence-electron chi connectivity index (χ2n) is 3.46. The van der Waals surface area contributed by atoms with Gasteiger partial charge >= 0.3 is 0 Å². The molecule has 0 amide bonds. The van der Waals surface area contributed by atoms with E-state index >= 15 is 0 Å². The minimum Gasteiger partial charge on any atom is -0.268 e. The predicted molar refractivity (Wildman–Crippen MR) is 76.7 cm³/mol. The van der Waals surface area contributed by atoms with Gasteiger partial charge in [-0.15, -0.1) is 11.3 Å². The van der Waals surface area contributed by atoms with Crippen molar-refractivity contribution in [3.05, 3.63) is 27.4 Å². The van der Waals surface area contributed by atoms with Crippen LogP contribution in [-0.2, 0) is 18.7 Å². The van der Waals surface area contributed by atoms with Crippen LogP contribution in [0.1, 0.15) is 25.2 Å². The Balaban J connectivity index is 2.16. The van der Waals surface area contributed by atoms with Gasteiger partial charge in [0.25, 0.3) is 0 Å². The molecule has 17 heavy (non-hydrogen) atoms. The van der Waals surface area contributed by atoms with Gasteiger partial charge in [0.15, 0.2) is 0 Å². The van der Waals surface area contributed by atoms with Gasteiger partial charge < -0.3 is 0 Å². The summed E-state index contributed by atoms with van der Waals surface area (Å²) in [5.74, 6) is 0.912. The first-order chi connectivity index (χ1) is 8.26. The molecule has 0 aliphatic carbocycles. The van der Waals surface area contributed by atoms with E-state index in [4.69, 9.17) is 0 Å². The fourth-order valence-corrected chi connectivity index (χ4v) is 4.12. The molecule has 2 heterocycles. The highest BCUT2D eigenvalue weighted by Gasteiger charge is 2.14. The van der Waals surface area contributed by atoms with Gasteiger partial charge in [-0.2, -0.15) is 5.10 Å². The minimum absolute atomic E-state index is 0.909. The molecule has 2 aromatic heterocycles. The van der Waals surface area contributed by atoms with Gasteiger partial charge in [0.1, 0.15) is 4.34 Å². The van der Waals surface area contributed by atoms with Crippen LogP contribution in [-0.4, -0.2) is 14.8 Å². The van der Waals surface area contributed by atoms with E-state index in [-0.39, 0.29) is 0 Å². The smallest absolute Gasteiger partial charge is 0.150 e. The van der Waals surface area contributed by atoms with Crippen molar-refractivity contribution in [3.63, 3.8) is 0 Å². The van der Waals surface area contributed by atoms with E-state index < -0.39 is 0 Å². The van der Waals surface area contributed by atoms with Crippen LogP contribution in [0.4, 0.5) is 0 Å². The van der Waals surface area contributed by atoms with Crippen LogP contribution in [0.5, 0.6) is 0 Å². The van der Waals surface area contributed by atoms with Crippen LogP contribution in [0.3, 0.4) is 0 Å². The number of thioether (sulfide) groups is 1. The molecule has 2 aromatic rings. The number of halogens is 1. The molecule has 3 nitrogen and oxygen atoms in total. The van der Waals surface area contributed by atoms with E-state index in [1.807, 2.05) is 11.6 Å². The molecule has 0 spiro atoms. The second-order valence-corrected chi connectivity index (χ2v) is 6.37. The van der Waals surface area contributed by atoms with Crippen molar-refractivity contribution in [2.24, 2.45) is 0 Å². The summed E-state index contributed by atoms with van der Waals surface area (Å²) in [7, 11) is 0. The van der Waals surface area contributed by atoms with Gasteiger partial charge in [-0.1, -0.05) is 18.7 Å². The van der Waals surface area contributed by atoms with E-state index in [0.717, 1.165) is 33.2 Å². The molecule has 0 aliphatic rings. The Hall–Kier alpha value is -0.330. The molecule has 0 saturated heterocycles. The second kappa shape index (κ2) is 6.02. The predicted octanol–water partition coefficient (Wildman–Crippen LogP) is 3.98. The van der Waals surface area contributed by atoms with Crippen LogP contribution >= 0.6 is 39.0 Å². The van der Waals surface area contributed by atoms with Gasteiger partial charge in [0.2, 0.25) is 0 Å². The SMILES string of the molecule is CCc1nn(CC)c(CSc2nccs2)c1Br. The summed E-state index contributed by atoms with van der Waals surface area (Å²) in [4.78, 5) is 4.28. The maximum atomic E-state index is 4.59. The van der Waals surface area contributed by atoms with Crippen molar-refractivity contribution in [1.82, 2.24) is 14.8 Å². The highest BCUT2D eigenvalue weighted by Crippen LogP contribution is 2.30. The Bertz CT molecular complexity index is 479. The molecule has 0 saturated carbocycles. The molecule has 6 heteroatoms. The normalized spacial score (nSPS) is 11.0. The Morgan fingerprint density at radius 3 is 2.88 bits per heavy atom. The standard InChI is InChI=1S/C11H14BrN3S2/c1-3-8-10(12)9(15(4-2)14-8)7-17-11-13-5-6-16-11/h5-6H,3-4,7H2,1-2H3. The molecule has 92 valence electrons. The number of nitrogens with zero attached hydrogens (tertiary/aromatic N) is 3. The van der Waals surface area contributed by atoms with Gasteiger partial charge in [-0.25, -0.2) is 4.98 Å². The number of aryl methyl sites for hydroxylation is 2. The van der Waals surface area contributed by atoms with Crippen molar-refractivity contribution in [1.29, 1.82) is 0 Å². The third kappa shape index (κ3) is 2.92. The van der Waals surface area contributed by atoms with Crippen LogP contribution in [0.2, 0.25) is 0 Å². The Kier molecular flexibility index (Phi) is 4.64. The third-order valence-electron chi connectivity index (χ3n) is 2.44. The molecule has 0 unspecified atom stereocenters. The topological polar surface area (TPSA) is 30.7 Å². The first-order valence-electron chi connectivity index (χ1n) is 5.52. The summed E-state index contributed by atoms with van der Waals surface area (Å²) in [5, 5.41) is 6.59. The van der Waals surface area contributed by atoms with E-state index in [1.54, 1.807) is 23.1 Å². The summed E-state index contributed by atoms with van der Waals surface area (Å²) in [6, 6.07) is 0. The Morgan fingerprint density at radius 1 is 1.47 bits per heavy atom. The van der Waals surface area contributed by atoms with E-state index in [1.165, 1.54) is 5.69 Å². The fourth-order valence-electron chi connectivity index (χ4n) is 1.57. The minimum atomic E-state index is 0.909. The van der Waals surface area contributed by atoms with Gasteiger partial charge in [0, 0.05) is 23.9 Å². The summed E-state index contributed by atoms with van der Waals surface area (Å²) < 4.78 is 4.34. The monoisotopic (exact) mass is 331 g/mol. The van der Waals surface area contributed by atoms with E-state index in [9.17, 15) is 0 Å². The molecule has 0 fully saturated rings. The molecule has 0 radical (unpaired) electrons. The molecule has 0 aliphatic heterocycles. The lowest BCUT2D eigenvalue weighted by Gasteiger charge is -2.03. The molecule has 0 aromatic carbocycles. The largest absolute Gasteiger partial charge is 0.268 e. The van der Waals surface area contributed by atoms with Crippen LogP contribution in [0.25, 0.3) is 0 Å². The molecule has 0 atom stereocenters. The summed E-state index contributed by atoms with van der Waals surface area (Å²) in [6.45, 7) is 5.16. The number of hydrogen-bond donors (Lipinski definition) is 0. The zero-order chi connectivity index (χ0) is 12.3. The highest BCUT2D eigenvalue weighted by molar-refractivity contribution is 9.10. The van der Waals surface area contributed by atoms with Gasteiger partial charge in [-0.05, 0) is 29.3 Å². The average molecular weight is 332 g/mol. The van der Waals surface area contributed by atoms with Crippen LogP contribution < -0.4 is 0 Å². The van der Waals surface area contributed by atoms with Crippen molar-refractivity contribution < 1.29 is 0 Å². The van der Waals surface area contributed by atoms with Crippen LogP contribution in [0, 0.1) is 0 Å². The van der Waals surface area contributed by atoms with Crippen molar-refractivity contribution in [2.75, 3.05) is 0 Å². The lowest BCUT2D eigenvalue weighted by Crippen LogP contribution is -2.01. The zero-order valence-electron chi connectivity index (χ0n) is 9.81. The van der Waals surface area contributed by atoms with Gasteiger partial charge in [0.05, 0.1) is 15.9 Å². The zero-order valence-corrected chi connectivity index (χ0v) is 13.0. The fraction of sp³-hybridized carbons (Fsp3) is 0.455.